The second-order valence-corrected chi connectivity index (χ2v) is 8.99. The van der Waals surface area contributed by atoms with E-state index in [1.807, 2.05) is 47.9 Å². The number of hydrazone groups is 1. The van der Waals surface area contributed by atoms with Gasteiger partial charge in [0, 0.05) is 21.8 Å². The van der Waals surface area contributed by atoms with Crippen LogP contribution >= 0.6 is 35.0 Å². The van der Waals surface area contributed by atoms with Gasteiger partial charge in [0.2, 0.25) is 0 Å². The maximum atomic E-state index is 13.8. The van der Waals surface area contributed by atoms with Gasteiger partial charge >= 0.3 is 0 Å². The van der Waals surface area contributed by atoms with Gasteiger partial charge in [0.25, 0.3) is 5.91 Å². The molecule has 0 aliphatic carbocycles. The highest BCUT2D eigenvalue weighted by Gasteiger charge is 2.17. The Hall–Kier alpha value is -3.20. The van der Waals surface area contributed by atoms with E-state index in [0.717, 1.165) is 16.8 Å². The number of benzene rings is 3. The highest BCUT2D eigenvalue weighted by Crippen LogP contribution is 2.28. The minimum atomic E-state index is -0.528. The predicted octanol–water partition coefficient (Wildman–Crippen LogP) is 5.93. The molecule has 10 heteroatoms. The molecular formula is C24H18Cl2FN5OS. The summed E-state index contributed by atoms with van der Waals surface area (Å²) < 4.78 is 15.7. The maximum absolute atomic E-state index is 13.8. The fourth-order valence-electron chi connectivity index (χ4n) is 3.04. The van der Waals surface area contributed by atoms with Gasteiger partial charge in [-0.3, -0.25) is 9.36 Å². The number of carbonyl (C=O) groups excluding carboxylic acids is 1. The molecule has 0 saturated carbocycles. The summed E-state index contributed by atoms with van der Waals surface area (Å²) in [5, 5.41) is 13.8. The summed E-state index contributed by atoms with van der Waals surface area (Å²) in [4.78, 5) is 12.3. The van der Waals surface area contributed by atoms with Crippen LogP contribution in [0.1, 0.15) is 11.1 Å². The van der Waals surface area contributed by atoms with E-state index in [4.69, 9.17) is 23.2 Å². The van der Waals surface area contributed by atoms with Gasteiger partial charge in [0.15, 0.2) is 11.0 Å². The highest BCUT2D eigenvalue weighted by molar-refractivity contribution is 7.99. The summed E-state index contributed by atoms with van der Waals surface area (Å²) in [6, 6.07) is 19.5. The van der Waals surface area contributed by atoms with Gasteiger partial charge in [0.1, 0.15) is 5.82 Å². The lowest BCUT2D eigenvalue weighted by molar-refractivity contribution is -0.118. The summed E-state index contributed by atoms with van der Waals surface area (Å²) in [5.74, 6) is -0.268. The van der Waals surface area contributed by atoms with Gasteiger partial charge in [-0.2, -0.15) is 5.10 Å². The quantitative estimate of drug-likeness (QED) is 0.189. The Morgan fingerprint density at radius 2 is 1.82 bits per heavy atom. The summed E-state index contributed by atoms with van der Waals surface area (Å²) >= 11 is 13.2. The van der Waals surface area contributed by atoms with Crippen LogP contribution in [0.2, 0.25) is 10.0 Å². The molecule has 0 aliphatic heterocycles. The zero-order valence-corrected chi connectivity index (χ0v) is 20.2. The average molecular weight is 514 g/mol. The second-order valence-electron chi connectivity index (χ2n) is 7.20. The van der Waals surface area contributed by atoms with Crippen molar-refractivity contribution in [2.45, 2.75) is 12.1 Å². The van der Waals surface area contributed by atoms with Crippen molar-refractivity contribution >= 4 is 47.1 Å². The lowest BCUT2D eigenvalue weighted by atomic mass is 10.1. The van der Waals surface area contributed by atoms with Crippen LogP contribution in [0.5, 0.6) is 0 Å². The molecule has 4 aromatic rings. The first-order valence-electron chi connectivity index (χ1n) is 10.1. The Kier molecular flexibility index (Phi) is 7.62. The number of halogens is 3. The van der Waals surface area contributed by atoms with Crippen molar-refractivity contribution in [3.63, 3.8) is 0 Å². The number of amides is 1. The van der Waals surface area contributed by atoms with E-state index in [1.165, 1.54) is 30.1 Å². The molecule has 0 spiro atoms. The summed E-state index contributed by atoms with van der Waals surface area (Å²) in [6.45, 7) is 2.01. The molecule has 1 amide bonds. The SMILES string of the molecule is Cc1ccc(-c2nnc(SCC(=O)N/N=C/c3c(F)cccc3Cl)n2-c2ccc(Cl)cc2)cc1. The van der Waals surface area contributed by atoms with E-state index in [-0.39, 0.29) is 16.3 Å². The Balaban J connectivity index is 1.52. The van der Waals surface area contributed by atoms with Crippen LogP contribution < -0.4 is 5.43 Å². The minimum Gasteiger partial charge on any atom is -0.272 e. The minimum absolute atomic E-state index is 0.0158. The molecule has 0 radical (unpaired) electrons. The fraction of sp³-hybridized carbons (Fsp3) is 0.0833. The third kappa shape index (κ3) is 5.64. The number of rotatable bonds is 7. The van der Waals surface area contributed by atoms with Crippen LogP contribution in [0.4, 0.5) is 4.39 Å². The number of aromatic nitrogens is 3. The lowest BCUT2D eigenvalue weighted by Gasteiger charge is -2.10. The van der Waals surface area contributed by atoms with Crippen molar-refractivity contribution in [3.05, 3.63) is 93.7 Å². The zero-order valence-electron chi connectivity index (χ0n) is 17.9. The van der Waals surface area contributed by atoms with E-state index in [9.17, 15) is 9.18 Å². The zero-order chi connectivity index (χ0) is 24.1. The molecule has 3 aromatic carbocycles. The molecule has 172 valence electrons. The molecule has 4 rings (SSSR count). The number of thioether (sulfide) groups is 1. The summed E-state index contributed by atoms with van der Waals surface area (Å²) in [5.41, 5.74) is 5.30. The molecule has 34 heavy (non-hydrogen) atoms. The molecular weight excluding hydrogens is 496 g/mol. The number of carbonyl (C=O) groups is 1. The van der Waals surface area contributed by atoms with Crippen molar-refractivity contribution in [3.8, 4) is 17.1 Å². The number of hydrogen-bond donors (Lipinski definition) is 1. The fourth-order valence-corrected chi connectivity index (χ4v) is 4.12. The third-order valence-electron chi connectivity index (χ3n) is 4.74. The van der Waals surface area contributed by atoms with E-state index < -0.39 is 11.7 Å². The second kappa shape index (κ2) is 10.8. The van der Waals surface area contributed by atoms with Crippen molar-refractivity contribution in [2.75, 3.05) is 5.75 Å². The van der Waals surface area contributed by atoms with E-state index in [2.05, 4.69) is 20.7 Å². The standard InChI is InChI=1S/C24H18Cl2FN5OS/c1-15-5-7-16(8-6-15)23-30-31-24(32(23)18-11-9-17(25)10-12-18)34-14-22(33)29-28-13-19-20(26)3-2-4-21(19)27/h2-13H,14H2,1H3,(H,29,33)/b28-13+. The number of hydrogen-bond acceptors (Lipinski definition) is 5. The van der Waals surface area contributed by atoms with E-state index in [1.54, 1.807) is 18.2 Å². The van der Waals surface area contributed by atoms with Gasteiger partial charge in [-0.25, -0.2) is 9.82 Å². The first-order chi connectivity index (χ1) is 16.4. The number of nitrogens with zero attached hydrogens (tertiary/aromatic N) is 4. The summed E-state index contributed by atoms with van der Waals surface area (Å²) in [6.07, 6.45) is 1.17. The van der Waals surface area contributed by atoms with E-state index in [0.29, 0.717) is 16.0 Å². The third-order valence-corrected chi connectivity index (χ3v) is 6.25. The smallest absolute Gasteiger partial charge is 0.250 e. The molecule has 1 N–H and O–H groups in total. The summed E-state index contributed by atoms with van der Waals surface area (Å²) in [7, 11) is 0. The van der Waals surface area contributed by atoms with Crippen LogP contribution in [-0.4, -0.2) is 32.6 Å². The predicted molar refractivity (Wildman–Crippen MR) is 134 cm³/mol. The van der Waals surface area contributed by atoms with Crippen LogP contribution in [0.15, 0.2) is 77.0 Å². The Labute approximate surface area is 209 Å². The van der Waals surface area contributed by atoms with Crippen molar-refractivity contribution in [1.82, 2.24) is 20.2 Å². The van der Waals surface area contributed by atoms with Crippen molar-refractivity contribution in [1.29, 1.82) is 0 Å². The molecule has 1 heterocycles. The molecule has 1 aromatic heterocycles. The molecule has 0 saturated heterocycles. The van der Waals surface area contributed by atoms with Crippen LogP contribution in [0, 0.1) is 12.7 Å². The Bertz CT molecular complexity index is 1320. The molecule has 0 atom stereocenters. The van der Waals surface area contributed by atoms with Gasteiger partial charge in [-0.05, 0) is 43.3 Å². The molecule has 6 nitrogen and oxygen atoms in total. The molecule has 0 unspecified atom stereocenters. The van der Waals surface area contributed by atoms with Gasteiger partial charge in [-0.15, -0.1) is 10.2 Å². The first-order valence-corrected chi connectivity index (χ1v) is 11.8. The first kappa shape index (κ1) is 23.9. The Morgan fingerprint density at radius 3 is 2.53 bits per heavy atom. The number of aryl methyl sites for hydroxylation is 1. The average Bonchev–Trinajstić information content (AvgIpc) is 3.24. The van der Waals surface area contributed by atoms with Crippen LogP contribution in [0.3, 0.4) is 0 Å². The van der Waals surface area contributed by atoms with Gasteiger partial charge in [-0.1, -0.05) is 70.9 Å². The molecule has 0 aliphatic rings. The monoisotopic (exact) mass is 513 g/mol. The van der Waals surface area contributed by atoms with E-state index >= 15 is 0 Å². The van der Waals surface area contributed by atoms with Crippen LogP contribution in [-0.2, 0) is 4.79 Å². The van der Waals surface area contributed by atoms with Gasteiger partial charge in [0.05, 0.1) is 17.0 Å². The molecule has 0 fully saturated rings. The van der Waals surface area contributed by atoms with Gasteiger partial charge < -0.3 is 0 Å². The van der Waals surface area contributed by atoms with Crippen molar-refractivity contribution in [2.24, 2.45) is 5.10 Å². The normalized spacial score (nSPS) is 11.2. The number of nitrogens with one attached hydrogen (secondary N) is 1. The van der Waals surface area contributed by atoms with Crippen molar-refractivity contribution < 1.29 is 9.18 Å². The highest BCUT2D eigenvalue weighted by atomic mass is 35.5. The lowest BCUT2D eigenvalue weighted by Crippen LogP contribution is -2.20. The Morgan fingerprint density at radius 1 is 1.09 bits per heavy atom. The largest absolute Gasteiger partial charge is 0.272 e. The van der Waals surface area contributed by atoms with Crippen LogP contribution in [0.25, 0.3) is 17.1 Å². The molecule has 0 bridgehead atoms. The topological polar surface area (TPSA) is 72.2 Å². The maximum Gasteiger partial charge on any atom is 0.250 e.